The van der Waals surface area contributed by atoms with Crippen molar-refractivity contribution in [2.75, 3.05) is 26.2 Å². The summed E-state index contributed by atoms with van der Waals surface area (Å²) in [6.07, 6.45) is 3.99. The summed E-state index contributed by atoms with van der Waals surface area (Å²) >= 11 is 0. The predicted octanol–water partition coefficient (Wildman–Crippen LogP) is 0.729. The minimum absolute atomic E-state index is 0.0261. The largest absolute Gasteiger partial charge is 0.364 e. The molecule has 1 unspecified atom stereocenters. The minimum atomic E-state index is -0.294. The highest BCUT2D eigenvalue weighted by atomic mass is 16.5. The second-order valence-corrected chi connectivity index (χ2v) is 6.37. The molecule has 0 aliphatic carbocycles. The van der Waals surface area contributed by atoms with Crippen molar-refractivity contribution in [3.63, 3.8) is 0 Å². The lowest BCUT2D eigenvalue weighted by atomic mass is 9.98. The molecule has 2 aliphatic heterocycles. The van der Waals surface area contributed by atoms with Gasteiger partial charge >= 0.3 is 0 Å². The van der Waals surface area contributed by atoms with E-state index < -0.39 is 0 Å². The molecule has 5 heteroatoms. The van der Waals surface area contributed by atoms with E-state index in [2.05, 4.69) is 24.1 Å². The van der Waals surface area contributed by atoms with Gasteiger partial charge < -0.3 is 15.8 Å². The first kappa shape index (κ1) is 15.7. The first-order valence-corrected chi connectivity index (χ1v) is 7.97. The summed E-state index contributed by atoms with van der Waals surface area (Å²) in [6, 6.07) is 0.401. The van der Waals surface area contributed by atoms with Crippen LogP contribution in [0.2, 0.25) is 0 Å². The van der Waals surface area contributed by atoms with Crippen LogP contribution < -0.4 is 11.1 Å². The quantitative estimate of drug-likeness (QED) is 0.780. The van der Waals surface area contributed by atoms with Gasteiger partial charge in [0.1, 0.15) is 6.10 Å². The number of hydrogen-bond acceptors (Lipinski definition) is 4. The number of ether oxygens (including phenoxy) is 1. The van der Waals surface area contributed by atoms with Crippen LogP contribution in [0.4, 0.5) is 0 Å². The van der Waals surface area contributed by atoms with Crippen molar-refractivity contribution >= 4 is 5.91 Å². The van der Waals surface area contributed by atoms with Crippen LogP contribution in [-0.4, -0.2) is 55.2 Å². The number of piperidine rings is 1. The lowest BCUT2D eigenvalue weighted by molar-refractivity contribution is -0.132. The van der Waals surface area contributed by atoms with Gasteiger partial charge in [-0.1, -0.05) is 6.92 Å². The number of carbonyl (C=O) groups excluding carboxylic acids is 1. The van der Waals surface area contributed by atoms with Gasteiger partial charge in [-0.25, -0.2) is 0 Å². The van der Waals surface area contributed by atoms with Crippen LogP contribution in [0.3, 0.4) is 0 Å². The van der Waals surface area contributed by atoms with Gasteiger partial charge in [0.2, 0.25) is 5.91 Å². The molecule has 0 bridgehead atoms. The summed E-state index contributed by atoms with van der Waals surface area (Å²) in [4.78, 5) is 14.5. The SMILES string of the molecule is CC1CCN(C(C)CNC(=O)[C@@H]2CC[C@H](CN)O2)CC1. The zero-order valence-corrected chi connectivity index (χ0v) is 12.8. The average Bonchev–Trinajstić information content (AvgIpc) is 2.94. The molecule has 0 radical (unpaired) electrons. The number of likely N-dealkylation sites (tertiary alicyclic amines) is 1. The molecule has 5 nitrogen and oxygen atoms in total. The molecule has 0 aromatic carbocycles. The number of carbonyl (C=O) groups is 1. The van der Waals surface area contributed by atoms with Gasteiger partial charge in [0.15, 0.2) is 0 Å². The molecule has 1 amide bonds. The number of hydrogen-bond donors (Lipinski definition) is 2. The Morgan fingerprint density at radius 1 is 1.35 bits per heavy atom. The first-order valence-electron chi connectivity index (χ1n) is 7.97. The molecule has 116 valence electrons. The maximum atomic E-state index is 12.1. The smallest absolute Gasteiger partial charge is 0.249 e. The highest BCUT2D eigenvalue weighted by molar-refractivity contribution is 5.81. The second-order valence-electron chi connectivity index (χ2n) is 6.37. The van der Waals surface area contributed by atoms with Crippen LogP contribution in [-0.2, 0) is 9.53 Å². The normalized spacial score (nSPS) is 30.4. The molecular formula is C15H29N3O2. The summed E-state index contributed by atoms with van der Waals surface area (Å²) in [6.45, 7) is 8.01. The Hall–Kier alpha value is -0.650. The Kier molecular flexibility index (Phi) is 5.81. The van der Waals surface area contributed by atoms with E-state index in [9.17, 15) is 4.79 Å². The van der Waals surface area contributed by atoms with Gasteiger partial charge in [0.25, 0.3) is 0 Å². The van der Waals surface area contributed by atoms with E-state index in [0.717, 1.165) is 31.8 Å². The molecule has 3 N–H and O–H groups in total. The third-order valence-electron chi connectivity index (χ3n) is 4.68. The standard InChI is InChI=1S/C15H29N3O2/c1-11-5-7-18(8-6-11)12(2)10-17-15(19)14-4-3-13(9-16)20-14/h11-14H,3-10,16H2,1-2H3,(H,17,19)/t12?,13-,14+/m1/s1. The molecule has 2 rings (SSSR count). The fraction of sp³-hybridized carbons (Fsp3) is 0.933. The van der Waals surface area contributed by atoms with E-state index in [1.165, 1.54) is 12.8 Å². The summed E-state index contributed by atoms with van der Waals surface area (Å²) in [5.74, 6) is 0.867. The van der Waals surface area contributed by atoms with Crippen molar-refractivity contribution in [1.82, 2.24) is 10.2 Å². The molecule has 0 saturated carbocycles. The molecule has 3 atom stereocenters. The zero-order valence-electron chi connectivity index (χ0n) is 12.8. The fourth-order valence-corrected chi connectivity index (χ4v) is 3.03. The third kappa shape index (κ3) is 4.17. The Balaban J connectivity index is 1.68. The van der Waals surface area contributed by atoms with Gasteiger partial charge in [0.05, 0.1) is 6.10 Å². The number of amides is 1. The molecule has 2 heterocycles. The van der Waals surface area contributed by atoms with Crippen LogP contribution >= 0.6 is 0 Å². The van der Waals surface area contributed by atoms with E-state index in [4.69, 9.17) is 10.5 Å². The third-order valence-corrected chi connectivity index (χ3v) is 4.68. The van der Waals surface area contributed by atoms with E-state index in [1.807, 2.05) is 0 Å². The Labute approximate surface area is 122 Å². The van der Waals surface area contributed by atoms with Crippen molar-refractivity contribution in [2.24, 2.45) is 11.7 Å². The molecule has 20 heavy (non-hydrogen) atoms. The van der Waals surface area contributed by atoms with Gasteiger partial charge in [-0.05, 0) is 51.6 Å². The van der Waals surface area contributed by atoms with E-state index in [-0.39, 0.29) is 18.1 Å². The summed E-state index contributed by atoms with van der Waals surface area (Å²) < 4.78 is 5.61. The van der Waals surface area contributed by atoms with E-state index in [0.29, 0.717) is 19.1 Å². The number of rotatable bonds is 5. The van der Waals surface area contributed by atoms with E-state index in [1.54, 1.807) is 0 Å². The fourth-order valence-electron chi connectivity index (χ4n) is 3.03. The maximum absolute atomic E-state index is 12.1. The lowest BCUT2D eigenvalue weighted by Gasteiger charge is -2.35. The summed E-state index contributed by atoms with van der Waals surface area (Å²) in [7, 11) is 0. The number of nitrogens with two attached hydrogens (primary N) is 1. The van der Waals surface area contributed by atoms with Gasteiger partial charge in [0, 0.05) is 19.1 Å². The predicted molar refractivity (Wildman–Crippen MR) is 79.4 cm³/mol. The highest BCUT2D eigenvalue weighted by Gasteiger charge is 2.30. The van der Waals surface area contributed by atoms with Crippen molar-refractivity contribution in [3.05, 3.63) is 0 Å². The summed E-state index contributed by atoms with van der Waals surface area (Å²) in [5, 5.41) is 3.03. The van der Waals surface area contributed by atoms with Gasteiger partial charge in [-0.15, -0.1) is 0 Å². The van der Waals surface area contributed by atoms with Crippen LogP contribution in [0.25, 0.3) is 0 Å². The summed E-state index contributed by atoms with van der Waals surface area (Å²) in [5.41, 5.74) is 5.56. The molecule has 0 aromatic rings. The minimum Gasteiger partial charge on any atom is -0.364 e. The van der Waals surface area contributed by atoms with Crippen molar-refractivity contribution in [2.45, 2.75) is 57.8 Å². The Bertz CT molecular complexity index is 316. The molecular weight excluding hydrogens is 254 g/mol. The molecule has 0 aromatic heterocycles. The Morgan fingerprint density at radius 3 is 2.65 bits per heavy atom. The maximum Gasteiger partial charge on any atom is 0.249 e. The van der Waals surface area contributed by atoms with Gasteiger partial charge in [-0.3, -0.25) is 9.69 Å². The first-order chi connectivity index (χ1) is 9.60. The molecule has 0 spiro atoms. The van der Waals surface area contributed by atoms with Crippen LogP contribution in [0.1, 0.15) is 39.5 Å². The lowest BCUT2D eigenvalue weighted by Crippen LogP contribution is -2.47. The van der Waals surface area contributed by atoms with Gasteiger partial charge in [-0.2, -0.15) is 0 Å². The topological polar surface area (TPSA) is 67.6 Å². The van der Waals surface area contributed by atoms with E-state index >= 15 is 0 Å². The zero-order chi connectivity index (χ0) is 14.5. The van der Waals surface area contributed by atoms with Crippen molar-refractivity contribution in [1.29, 1.82) is 0 Å². The number of nitrogens with zero attached hydrogens (tertiary/aromatic N) is 1. The Morgan fingerprint density at radius 2 is 2.05 bits per heavy atom. The average molecular weight is 283 g/mol. The highest BCUT2D eigenvalue weighted by Crippen LogP contribution is 2.19. The van der Waals surface area contributed by atoms with Crippen molar-refractivity contribution < 1.29 is 9.53 Å². The number of nitrogens with one attached hydrogen (secondary N) is 1. The van der Waals surface area contributed by atoms with Crippen molar-refractivity contribution in [3.8, 4) is 0 Å². The monoisotopic (exact) mass is 283 g/mol. The van der Waals surface area contributed by atoms with Crippen LogP contribution in [0.15, 0.2) is 0 Å². The molecule has 2 saturated heterocycles. The second kappa shape index (κ2) is 7.38. The van der Waals surface area contributed by atoms with Crippen LogP contribution in [0, 0.1) is 5.92 Å². The molecule has 2 fully saturated rings. The van der Waals surface area contributed by atoms with Crippen LogP contribution in [0.5, 0.6) is 0 Å². The molecule has 2 aliphatic rings.